The predicted molar refractivity (Wildman–Crippen MR) is 51.5 cm³/mol. The van der Waals surface area contributed by atoms with Gasteiger partial charge in [0, 0.05) is 6.42 Å². The molecule has 0 saturated carbocycles. The molecule has 0 aromatic carbocycles. The van der Waals surface area contributed by atoms with Crippen LogP contribution in [0.2, 0.25) is 0 Å². The van der Waals surface area contributed by atoms with Crippen molar-refractivity contribution >= 4 is 28.4 Å². The molecular formula is C8H7FINO. The molecule has 0 unspecified atom stereocenters. The number of Topliss-reactive ketones (excluding diaryl/α,β-unsaturated/α-hetero) is 1. The quantitative estimate of drug-likeness (QED) is 0.473. The summed E-state index contributed by atoms with van der Waals surface area (Å²) in [7, 11) is 0. The van der Waals surface area contributed by atoms with Gasteiger partial charge in [0.25, 0.3) is 0 Å². The summed E-state index contributed by atoms with van der Waals surface area (Å²) in [5.74, 6) is -0.708. The van der Waals surface area contributed by atoms with Crippen LogP contribution in [0.3, 0.4) is 0 Å². The summed E-state index contributed by atoms with van der Waals surface area (Å²) >= 11 is 1.83. The van der Waals surface area contributed by atoms with Gasteiger partial charge in [0.05, 0.1) is 3.57 Å². The first-order valence-electron chi connectivity index (χ1n) is 3.50. The van der Waals surface area contributed by atoms with Crippen LogP contribution in [0.15, 0.2) is 12.1 Å². The second-order valence-corrected chi connectivity index (χ2v) is 3.41. The zero-order valence-corrected chi connectivity index (χ0v) is 8.63. The van der Waals surface area contributed by atoms with Crippen molar-refractivity contribution in [2.24, 2.45) is 0 Å². The molecule has 0 bridgehead atoms. The molecule has 12 heavy (non-hydrogen) atoms. The summed E-state index contributed by atoms with van der Waals surface area (Å²) in [4.78, 5) is 14.6. The lowest BCUT2D eigenvalue weighted by Gasteiger charge is -1.97. The van der Waals surface area contributed by atoms with Crippen molar-refractivity contribution in [3.8, 4) is 0 Å². The maximum absolute atomic E-state index is 12.8. The fourth-order valence-electron chi connectivity index (χ4n) is 0.754. The molecule has 64 valence electrons. The lowest BCUT2D eigenvalue weighted by atomic mass is 10.2. The summed E-state index contributed by atoms with van der Waals surface area (Å²) in [5, 5.41) is 0. The number of ketones is 1. The van der Waals surface area contributed by atoms with E-state index in [1.807, 2.05) is 22.6 Å². The zero-order chi connectivity index (χ0) is 9.14. The molecule has 1 heterocycles. The average Bonchev–Trinajstić information content (AvgIpc) is 2.08. The van der Waals surface area contributed by atoms with E-state index in [0.29, 0.717) is 9.99 Å². The number of hydrogen-bond donors (Lipinski definition) is 0. The Morgan fingerprint density at radius 3 is 2.83 bits per heavy atom. The van der Waals surface area contributed by atoms with E-state index in [0.717, 1.165) is 0 Å². The van der Waals surface area contributed by atoms with Gasteiger partial charge in [-0.15, -0.1) is 0 Å². The molecule has 0 spiro atoms. The molecule has 0 aliphatic heterocycles. The number of rotatable bonds is 2. The van der Waals surface area contributed by atoms with E-state index in [1.165, 1.54) is 6.07 Å². The van der Waals surface area contributed by atoms with Gasteiger partial charge in [-0.1, -0.05) is 6.92 Å². The molecule has 1 rings (SSSR count). The minimum absolute atomic E-state index is 0.134. The van der Waals surface area contributed by atoms with E-state index in [-0.39, 0.29) is 11.5 Å². The molecule has 0 fully saturated rings. The van der Waals surface area contributed by atoms with Gasteiger partial charge in [0.15, 0.2) is 5.78 Å². The summed E-state index contributed by atoms with van der Waals surface area (Å²) in [6.45, 7) is 1.72. The Balaban J connectivity index is 3.05. The van der Waals surface area contributed by atoms with Crippen molar-refractivity contribution in [2.45, 2.75) is 13.3 Å². The normalized spacial score (nSPS) is 9.92. The van der Waals surface area contributed by atoms with Crippen LogP contribution in [0.4, 0.5) is 4.39 Å². The van der Waals surface area contributed by atoms with Crippen LogP contribution in [-0.2, 0) is 0 Å². The molecule has 1 aromatic rings. The third-order valence-electron chi connectivity index (χ3n) is 1.41. The van der Waals surface area contributed by atoms with E-state index in [9.17, 15) is 9.18 Å². The van der Waals surface area contributed by atoms with E-state index in [1.54, 1.807) is 13.0 Å². The molecule has 4 heteroatoms. The van der Waals surface area contributed by atoms with Crippen molar-refractivity contribution in [1.29, 1.82) is 0 Å². The molecule has 0 aliphatic carbocycles. The number of hydrogen-bond acceptors (Lipinski definition) is 2. The van der Waals surface area contributed by atoms with E-state index in [4.69, 9.17) is 0 Å². The SMILES string of the molecule is CCC(=O)c1ccc(I)c(F)n1. The Morgan fingerprint density at radius 2 is 2.33 bits per heavy atom. The number of carbonyl (C=O) groups is 1. The first kappa shape index (κ1) is 9.57. The Bertz CT molecular complexity index is 314. The summed E-state index contributed by atoms with van der Waals surface area (Å²) in [5.41, 5.74) is 0.204. The fraction of sp³-hybridized carbons (Fsp3) is 0.250. The lowest BCUT2D eigenvalue weighted by molar-refractivity contribution is 0.0982. The number of nitrogens with zero attached hydrogens (tertiary/aromatic N) is 1. The summed E-state index contributed by atoms with van der Waals surface area (Å²) in [6.07, 6.45) is 0.354. The highest BCUT2D eigenvalue weighted by atomic mass is 127. The lowest BCUT2D eigenvalue weighted by Crippen LogP contribution is -2.02. The highest BCUT2D eigenvalue weighted by Crippen LogP contribution is 2.09. The molecule has 0 atom stereocenters. The Morgan fingerprint density at radius 1 is 1.67 bits per heavy atom. The third-order valence-corrected chi connectivity index (χ3v) is 2.21. The van der Waals surface area contributed by atoms with E-state index >= 15 is 0 Å². The second kappa shape index (κ2) is 3.93. The number of carbonyl (C=O) groups excluding carboxylic acids is 1. The van der Waals surface area contributed by atoms with Crippen LogP contribution < -0.4 is 0 Å². The van der Waals surface area contributed by atoms with Gasteiger partial charge in [0.1, 0.15) is 5.69 Å². The van der Waals surface area contributed by atoms with Gasteiger partial charge in [-0.25, -0.2) is 4.98 Å². The van der Waals surface area contributed by atoms with Crippen molar-refractivity contribution in [2.75, 3.05) is 0 Å². The van der Waals surface area contributed by atoms with Gasteiger partial charge in [-0.2, -0.15) is 4.39 Å². The van der Waals surface area contributed by atoms with Crippen molar-refractivity contribution in [1.82, 2.24) is 4.98 Å². The molecule has 0 saturated heterocycles. The Kier molecular flexibility index (Phi) is 3.13. The molecular weight excluding hydrogens is 272 g/mol. The first-order valence-corrected chi connectivity index (χ1v) is 4.58. The average molecular weight is 279 g/mol. The van der Waals surface area contributed by atoms with Gasteiger partial charge in [0.2, 0.25) is 5.95 Å². The molecule has 0 aliphatic rings. The molecule has 1 aromatic heterocycles. The smallest absolute Gasteiger partial charge is 0.226 e. The Labute approximate surface area is 83.3 Å². The number of pyridine rings is 1. The van der Waals surface area contributed by atoms with Crippen molar-refractivity contribution in [3.63, 3.8) is 0 Å². The van der Waals surface area contributed by atoms with Crippen LogP contribution in [0.5, 0.6) is 0 Å². The minimum Gasteiger partial charge on any atom is -0.292 e. The van der Waals surface area contributed by atoms with E-state index in [2.05, 4.69) is 4.98 Å². The molecule has 0 N–H and O–H groups in total. The first-order chi connectivity index (χ1) is 5.65. The molecule has 0 amide bonds. The summed E-state index contributed by atoms with van der Waals surface area (Å²) in [6, 6.07) is 3.09. The maximum atomic E-state index is 12.8. The zero-order valence-electron chi connectivity index (χ0n) is 6.47. The summed E-state index contributed by atoms with van der Waals surface area (Å²) < 4.78 is 13.2. The monoisotopic (exact) mass is 279 g/mol. The number of aromatic nitrogens is 1. The topological polar surface area (TPSA) is 30.0 Å². The number of halogens is 2. The maximum Gasteiger partial charge on any atom is 0.226 e. The molecule has 2 nitrogen and oxygen atoms in total. The van der Waals surface area contributed by atoms with Crippen LogP contribution in [0, 0.1) is 9.52 Å². The van der Waals surface area contributed by atoms with Crippen molar-refractivity contribution < 1.29 is 9.18 Å². The van der Waals surface area contributed by atoms with Crippen LogP contribution in [0.25, 0.3) is 0 Å². The third kappa shape index (κ3) is 2.00. The van der Waals surface area contributed by atoms with Gasteiger partial charge in [-0.05, 0) is 34.7 Å². The standard InChI is InChI=1S/C8H7FINO/c1-2-7(12)6-4-3-5(10)8(9)11-6/h3-4H,2H2,1H3. The Hall–Kier alpha value is -0.520. The highest BCUT2D eigenvalue weighted by Gasteiger charge is 2.07. The largest absolute Gasteiger partial charge is 0.292 e. The fourth-order valence-corrected chi connectivity index (χ4v) is 1.05. The highest BCUT2D eigenvalue weighted by molar-refractivity contribution is 14.1. The van der Waals surface area contributed by atoms with Gasteiger partial charge in [-0.3, -0.25) is 4.79 Å². The predicted octanol–water partition coefficient (Wildman–Crippen LogP) is 2.42. The van der Waals surface area contributed by atoms with Gasteiger partial charge >= 0.3 is 0 Å². The minimum atomic E-state index is -0.574. The van der Waals surface area contributed by atoms with Crippen LogP contribution in [-0.4, -0.2) is 10.8 Å². The second-order valence-electron chi connectivity index (χ2n) is 2.25. The van der Waals surface area contributed by atoms with Crippen LogP contribution >= 0.6 is 22.6 Å². The van der Waals surface area contributed by atoms with Crippen molar-refractivity contribution in [3.05, 3.63) is 27.3 Å². The van der Waals surface area contributed by atoms with E-state index < -0.39 is 5.95 Å². The van der Waals surface area contributed by atoms with Crippen LogP contribution in [0.1, 0.15) is 23.8 Å². The molecule has 0 radical (unpaired) electrons. The van der Waals surface area contributed by atoms with Gasteiger partial charge < -0.3 is 0 Å².